The summed E-state index contributed by atoms with van der Waals surface area (Å²) in [7, 11) is 1.90. The van der Waals surface area contributed by atoms with E-state index in [2.05, 4.69) is 24.1 Å². The van der Waals surface area contributed by atoms with Gasteiger partial charge in [-0.05, 0) is 32.0 Å². The number of carbonyl (C=O) groups is 1. The number of aromatic nitrogens is 1. The smallest absolute Gasteiger partial charge is 0.234 e. The number of nitrogens with two attached hydrogens (primary N) is 1. The number of hydrogen-bond acceptors (Lipinski definition) is 4. The summed E-state index contributed by atoms with van der Waals surface area (Å²) in [4.78, 5) is 18.2. The van der Waals surface area contributed by atoms with Crippen LogP contribution in [0.15, 0.2) is 24.4 Å². The van der Waals surface area contributed by atoms with Gasteiger partial charge in [0.15, 0.2) is 0 Å². The zero-order valence-corrected chi connectivity index (χ0v) is 12.8. The molecule has 1 aromatic heterocycles. The highest BCUT2D eigenvalue weighted by atomic mass is 16.2. The van der Waals surface area contributed by atoms with Crippen LogP contribution in [0.25, 0.3) is 0 Å². The van der Waals surface area contributed by atoms with Crippen LogP contribution >= 0.6 is 0 Å². The molecule has 0 bridgehead atoms. The van der Waals surface area contributed by atoms with Gasteiger partial charge in [-0.25, -0.2) is 0 Å². The molecule has 0 spiro atoms. The van der Waals surface area contributed by atoms with Crippen molar-refractivity contribution in [3.8, 4) is 0 Å². The molecule has 2 unspecified atom stereocenters. The van der Waals surface area contributed by atoms with Crippen molar-refractivity contribution in [2.75, 3.05) is 20.1 Å². The van der Waals surface area contributed by atoms with Crippen molar-refractivity contribution in [3.05, 3.63) is 30.1 Å². The van der Waals surface area contributed by atoms with E-state index in [4.69, 9.17) is 5.73 Å². The summed E-state index contributed by atoms with van der Waals surface area (Å²) in [5, 5.41) is 2.92. The lowest BCUT2D eigenvalue weighted by Gasteiger charge is -2.30. The second-order valence-corrected chi connectivity index (χ2v) is 5.67. The number of pyridine rings is 1. The molecule has 2 atom stereocenters. The molecular formula is C15H26N4O. The van der Waals surface area contributed by atoms with Crippen LogP contribution in [0.4, 0.5) is 0 Å². The maximum Gasteiger partial charge on any atom is 0.234 e. The van der Waals surface area contributed by atoms with Gasteiger partial charge in [-0.2, -0.15) is 0 Å². The lowest BCUT2D eigenvalue weighted by Crippen LogP contribution is -2.43. The molecule has 0 saturated heterocycles. The minimum atomic E-state index is -0.104. The lowest BCUT2D eigenvalue weighted by molar-refractivity contribution is -0.122. The highest BCUT2D eigenvalue weighted by Crippen LogP contribution is 2.19. The first-order chi connectivity index (χ1) is 9.41. The van der Waals surface area contributed by atoms with Crippen molar-refractivity contribution in [3.63, 3.8) is 0 Å². The second-order valence-electron chi connectivity index (χ2n) is 5.67. The molecule has 0 saturated carbocycles. The molecule has 5 nitrogen and oxygen atoms in total. The van der Waals surface area contributed by atoms with Gasteiger partial charge >= 0.3 is 0 Å². The second kappa shape index (κ2) is 7.97. The molecule has 0 aliphatic rings. The number of amides is 1. The minimum absolute atomic E-state index is 0.0165. The third kappa shape index (κ3) is 5.27. The molecule has 112 valence electrons. The Bertz CT molecular complexity index is 406. The van der Waals surface area contributed by atoms with E-state index in [0.717, 1.165) is 5.69 Å². The van der Waals surface area contributed by atoms with Gasteiger partial charge < -0.3 is 11.1 Å². The maximum atomic E-state index is 11.9. The van der Waals surface area contributed by atoms with Gasteiger partial charge in [0.1, 0.15) is 0 Å². The van der Waals surface area contributed by atoms with Crippen LogP contribution in [0.3, 0.4) is 0 Å². The molecule has 5 heteroatoms. The molecule has 0 radical (unpaired) electrons. The monoisotopic (exact) mass is 278 g/mol. The van der Waals surface area contributed by atoms with E-state index in [-0.39, 0.29) is 18.0 Å². The Labute approximate surface area is 121 Å². The SMILES string of the molecule is CC(C)CNC(=O)CN(C)C(c1ccccn1)C(C)N. The van der Waals surface area contributed by atoms with Crippen LogP contribution in [-0.2, 0) is 4.79 Å². The van der Waals surface area contributed by atoms with Gasteiger partial charge in [-0.15, -0.1) is 0 Å². The topological polar surface area (TPSA) is 71.2 Å². The predicted molar refractivity (Wildman–Crippen MR) is 81.1 cm³/mol. The Morgan fingerprint density at radius 2 is 2.10 bits per heavy atom. The van der Waals surface area contributed by atoms with Gasteiger partial charge in [0.2, 0.25) is 5.91 Å². The highest BCUT2D eigenvalue weighted by molar-refractivity contribution is 5.78. The molecule has 0 aliphatic heterocycles. The fourth-order valence-electron chi connectivity index (χ4n) is 2.15. The standard InChI is InChI=1S/C15H26N4O/c1-11(2)9-18-14(20)10-19(4)15(12(3)16)13-7-5-6-8-17-13/h5-8,11-12,15H,9-10,16H2,1-4H3,(H,18,20). The van der Waals surface area contributed by atoms with E-state index < -0.39 is 0 Å². The van der Waals surface area contributed by atoms with Crippen LogP contribution < -0.4 is 11.1 Å². The van der Waals surface area contributed by atoms with E-state index >= 15 is 0 Å². The Kier molecular flexibility index (Phi) is 6.61. The van der Waals surface area contributed by atoms with Crippen molar-refractivity contribution in [1.82, 2.24) is 15.2 Å². The summed E-state index contributed by atoms with van der Waals surface area (Å²) < 4.78 is 0. The van der Waals surface area contributed by atoms with Gasteiger partial charge in [0.25, 0.3) is 0 Å². The Balaban J connectivity index is 2.66. The first kappa shape index (κ1) is 16.6. The summed E-state index contributed by atoms with van der Waals surface area (Å²) in [6, 6.07) is 5.58. The Morgan fingerprint density at radius 3 is 2.60 bits per heavy atom. The van der Waals surface area contributed by atoms with Crippen LogP contribution in [0.2, 0.25) is 0 Å². The number of rotatable bonds is 7. The van der Waals surface area contributed by atoms with Crippen LogP contribution in [0.1, 0.15) is 32.5 Å². The van der Waals surface area contributed by atoms with Gasteiger partial charge in [-0.3, -0.25) is 14.7 Å². The molecule has 0 aliphatic carbocycles. The predicted octanol–water partition coefficient (Wildman–Crippen LogP) is 1.17. The average Bonchev–Trinajstić information content (AvgIpc) is 2.37. The van der Waals surface area contributed by atoms with Crippen LogP contribution in [0.5, 0.6) is 0 Å². The Morgan fingerprint density at radius 1 is 1.40 bits per heavy atom. The third-order valence-corrected chi connectivity index (χ3v) is 3.06. The van der Waals surface area contributed by atoms with Crippen LogP contribution in [-0.4, -0.2) is 42.0 Å². The summed E-state index contributed by atoms with van der Waals surface area (Å²) in [6.07, 6.45) is 1.75. The van der Waals surface area contributed by atoms with E-state index in [1.54, 1.807) is 6.20 Å². The zero-order valence-electron chi connectivity index (χ0n) is 12.8. The average molecular weight is 278 g/mol. The van der Waals surface area contributed by atoms with E-state index in [9.17, 15) is 4.79 Å². The molecule has 3 N–H and O–H groups in total. The first-order valence-electron chi connectivity index (χ1n) is 7.05. The van der Waals surface area contributed by atoms with Gasteiger partial charge in [0, 0.05) is 18.8 Å². The van der Waals surface area contributed by atoms with Crippen molar-refractivity contribution in [2.24, 2.45) is 11.7 Å². The quantitative estimate of drug-likeness (QED) is 0.785. The van der Waals surface area contributed by atoms with Gasteiger partial charge in [0.05, 0.1) is 18.3 Å². The van der Waals surface area contributed by atoms with Crippen molar-refractivity contribution in [2.45, 2.75) is 32.9 Å². The van der Waals surface area contributed by atoms with Crippen LogP contribution in [0, 0.1) is 5.92 Å². The van der Waals surface area contributed by atoms with E-state index in [1.165, 1.54) is 0 Å². The number of likely N-dealkylation sites (N-methyl/N-ethyl adjacent to an activating group) is 1. The third-order valence-electron chi connectivity index (χ3n) is 3.06. The lowest BCUT2D eigenvalue weighted by atomic mass is 10.0. The number of nitrogens with zero attached hydrogens (tertiary/aromatic N) is 2. The summed E-state index contributed by atoms with van der Waals surface area (Å²) in [5.41, 5.74) is 6.94. The molecule has 20 heavy (non-hydrogen) atoms. The summed E-state index contributed by atoms with van der Waals surface area (Å²) in [5.74, 6) is 0.465. The van der Waals surface area contributed by atoms with E-state index in [1.807, 2.05) is 37.1 Å². The largest absolute Gasteiger partial charge is 0.355 e. The molecule has 1 aromatic rings. The fourth-order valence-corrected chi connectivity index (χ4v) is 2.15. The number of carbonyl (C=O) groups excluding carboxylic acids is 1. The first-order valence-corrected chi connectivity index (χ1v) is 7.05. The zero-order chi connectivity index (χ0) is 15.1. The molecular weight excluding hydrogens is 252 g/mol. The minimum Gasteiger partial charge on any atom is -0.355 e. The molecule has 1 amide bonds. The highest BCUT2D eigenvalue weighted by Gasteiger charge is 2.23. The maximum absolute atomic E-state index is 11.9. The summed E-state index contributed by atoms with van der Waals surface area (Å²) >= 11 is 0. The number of nitrogens with one attached hydrogen (secondary N) is 1. The van der Waals surface area contributed by atoms with Crippen molar-refractivity contribution in [1.29, 1.82) is 0 Å². The number of hydrogen-bond donors (Lipinski definition) is 2. The molecule has 0 fully saturated rings. The van der Waals surface area contributed by atoms with E-state index in [0.29, 0.717) is 19.0 Å². The fraction of sp³-hybridized carbons (Fsp3) is 0.600. The summed E-state index contributed by atoms with van der Waals surface area (Å²) in [6.45, 7) is 7.09. The normalized spacial score (nSPS) is 14.3. The molecule has 1 heterocycles. The van der Waals surface area contributed by atoms with Gasteiger partial charge in [-0.1, -0.05) is 19.9 Å². The van der Waals surface area contributed by atoms with Crippen molar-refractivity contribution >= 4 is 5.91 Å². The molecule has 0 aromatic carbocycles. The molecule has 1 rings (SSSR count). The Hall–Kier alpha value is -1.46. The van der Waals surface area contributed by atoms with Crippen molar-refractivity contribution < 1.29 is 4.79 Å².